The van der Waals surface area contributed by atoms with Crippen molar-refractivity contribution in [2.24, 2.45) is 11.3 Å². The van der Waals surface area contributed by atoms with Crippen LogP contribution in [0.3, 0.4) is 0 Å². The Kier molecular flexibility index (Phi) is 3.61. The molecule has 1 aromatic heterocycles. The topological polar surface area (TPSA) is 74.1 Å². The van der Waals surface area contributed by atoms with Gasteiger partial charge in [0.2, 0.25) is 5.92 Å². The lowest BCUT2D eigenvalue weighted by molar-refractivity contribution is -0.203. The summed E-state index contributed by atoms with van der Waals surface area (Å²) in [7, 11) is -3.75. The number of hydrogen-bond donors (Lipinski definition) is 0. The van der Waals surface area contributed by atoms with Crippen LogP contribution in [0.5, 0.6) is 5.75 Å². The maximum Gasteiger partial charge on any atom is 0.309 e. The number of halogens is 2. The predicted octanol–water partition coefficient (Wildman–Crippen LogP) is 2.80. The van der Waals surface area contributed by atoms with Crippen LogP contribution in [0.2, 0.25) is 0 Å². The van der Waals surface area contributed by atoms with Gasteiger partial charge in [0.15, 0.2) is 0 Å². The van der Waals surface area contributed by atoms with E-state index in [9.17, 15) is 17.2 Å². The molecule has 2 fully saturated rings. The second-order valence-electron chi connectivity index (χ2n) is 7.13. The van der Waals surface area contributed by atoms with Gasteiger partial charge < -0.3 is 4.18 Å². The Morgan fingerprint density at radius 3 is 2.44 bits per heavy atom. The number of alkyl halides is 2. The normalized spacial score (nSPS) is 21.5. The minimum absolute atomic E-state index is 0.101. The zero-order valence-corrected chi connectivity index (χ0v) is 14.1. The van der Waals surface area contributed by atoms with Crippen molar-refractivity contribution >= 4 is 10.1 Å². The quantitative estimate of drug-likeness (QED) is 0.758. The third kappa shape index (κ3) is 3.37. The summed E-state index contributed by atoms with van der Waals surface area (Å²) in [6.45, 7) is 0. The lowest BCUT2D eigenvalue weighted by Crippen LogP contribution is -2.54. The van der Waals surface area contributed by atoms with Gasteiger partial charge in [-0.1, -0.05) is 0 Å². The van der Waals surface area contributed by atoms with E-state index in [0.29, 0.717) is 12.8 Å². The van der Waals surface area contributed by atoms with Gasteiger partial charge in [0, 0.05) is 12.8 Å². The van der Waals surface area contributed by atoms with Crippen LogP contribution in [0.4, 0.5) is 8.78 Å². The van der Waals surface area contributed by atoms with Crippen LogP contribution in [0.1, 0.15) is 25.7 Å². The summed E-state index contributed by atoms with van der Waals surface area (Å²) < 4.78 is 57.0. The number of nitrogens with zero attached hydrogens (tertiary/aromatic N) is 3. The van der Waals surface area contributed by atoms with Crippen LogP contribution in [0, 0.1) is 11.3 Å². The van der Waals surface area contributed by atoms with Gasteiger partial charge in [0.1, 0.15) is 18.4 Å². The molecule has 0 radical (unpaired) electrons. The van der Waals surface area contributed by atoms with Gasteiger partial charge >= 0.3 is 10.1 Å². The van der Waals surface area contributed by atoms with Gasteiger partial charge in [0.05, 0.1) is 11.4 Å². The Morgan fingerprint density at radius 2 is 1.88 bits per heavy atom. The first kappa shape index (κ1) is 16.4. The van der Waals surface area contributed by atoms with E-state index in [1.807, 2.05) is 0 Å². The molecule has 0 amide bonds. The molecule has 9 heteroatoms. The van der Waals surface area contributed by atoms with Gasteiger partial charge in [-0.2, -0.15) is 13.5 Å². The molecule has 2 aromatic rings. The average Bonchev–Trinajstić information content (AvgIpc) is 2.97. The molecule has 1 spiro atoms. The van der Waals surface area contributed by atoms with Crippen LogP contribution < -0.4 is 4.18 Å². The van der Waals surface area contributed by atoms with Crippen LogP contribution >= 0.6 is 0 Å². The monoisotopic (exact) mass is 369 g/mol. The third-order valence-electron chi connectivity index (χ3n) is 4.89. The SMILES string of the molecule is O=S(=O)(CC1CC2(C1)CC(F)(F)C2)Oc1ccc(-n2cncn2)cc1. The molecule has 134 valence electrons. The summed E-state index contributed by atoms with van der Waals surface area (Å²) in [5, 5.41) is 3.98. The minimum atomic E-state index is -3.75. The maximum absolute atomic E-state index is 13.0. The lowest BCUT2D eigenvalue weighted by Gasteiger charge is -2.57. The van der Waals surface area contributed by atoms with Crippen molar-refractivity contribution in [2.75, 3.05) is 5.75 Å². The largest absolute Gasteiger partial charge is 0.382 e. The van der Waals surface area contributed by atoms with Crippen molar-refractivity contribution < 1.29 is 21.4 Å². The molecular weight excluding hydrogens is 352 g/mol. The van der Waals surface area contributed by atoms with Crippen LogP contribution in [-0.4, -0.2) is 34.9 Å². The number of aromatic nitrogens is 3. The number of hydrogen-bond acceptors (Lipinski definition) is 5. The van der Waals surface area contributed by atoms with Crippen molar-refractivity contribution in [1.29, 1.82) is 0 Å². The third-order valence-corrected chi connectivity index (χ3v) is 6.22. The molecule has 0 bridgehead atoms. The zero-order valence-electron chi connectivity index (χ0n) is 13.3. The summed E-state index contributed by atoms with van der Waals surface area (Å²) in [6, 6.07) is 6.44. The summed E-state index contributed by atoms with van der Waals surface area (Å²) in [5.41, 5.74) is 0.400. The van der Waals surface area contributed by atoms with Gasteiger partial charge in [-0.15, -0.1) is 0 Å². The molecule has 0 saturated heterocycles. The molecule has 0 N–H and O–H groups in total. The smallest absolute Gasteiger partial charge is 0.309 e. The van der Waals surface area contributed by atoms with E-state index in [-0.39, 0.29) is 35.7 Å². The average molecular weight is 369 g/mol. The van der Waals surface area contributed by atoms with E-state index in [4.69, 9.17) is 4.18 Å². The highest BCUT2D eigenvalue weighted by Crippen LogP contribution is 2.64. The Bertz CT molecular complexity index is 851. The van der Waals surface area contributed by atoms with Gasteiger partial charge in [0.25, 0.3) is 0 Å². The Balaban J connectivity index is 1.33. The van der Waals surface area contributed by atoms with Gasteiger partial charge in [-0.3, -0.25) is 0 Å². The molecule has 0 unspecified atom stereocenters. The highest BCUT2D eigenvalue weighted by atomic mass is 32.2. The molecule has 6 nitrogen and oxygen atoms in total. The summed E-state index contributed by atoms with van der Waals surface area (Å²) >= 11 is 0. The Hall–Kier alpha value is -2.03. The van der Waals surface area contributed by atoms with E-state index < -0.39 is 16.0 Å². The highest BCUT2D eigenvalue weighted by molar-refractivity contribution is 7.87. The fraction of sp³-hybridized carbons (Fsp3) is 0.500. The first-order valence-corrected chi connectivity index (χ1v) is 9.57. The molecular formula is C16H17F2N3O3S. The second kappa shape index (κ2) is 5.48. The standard InChI is InChI=1S/C16H17F2N3O3S/c17-16(18)8-15(9-16)5-12(6-15)7-25(22,23)24-14-3-1-13(2-4-14)21-11-19-10-20-21/h1-4,10-12H,5-9H2. The maximum atomic E-state index is 13.0. The lowest BCUT2D eigenvalue weighted by atomic mass is 9.51. The van der Waals surface area contributed by atoms with Crippen LogP contribution in [0.25, 0.3) is 5.69 Å². The van der Waals surface area contributed by atoms with Crippen molar-refractivity contribution in [2.45, 2.75) is 31.6 Å². The molecule has 0 aliphatic heterocycles. The molecule has 2 saturated carbocycles. The van der Waals surface area contributed by atoms with E-state index in [2.05, 4.69) is 10.1 Å². The highest BCUT2D eigenvalue weighted by Gasteiger charge is 2.62. The summed E-state index contributed by atoms with van der Waals surface area (Å²) in [6.07, 6.45) is 3.79. The molecule has 25 heavy (non-hydrogen) atoms. The fourth-order valence-electron chi connectivity index (χ4n) is 4.08. The van der Waals surface area contributed by atoms with Crippen LogP contribution in [-0.2, 0) is 10.1 Å². The molecule has 2 aliphatic rings. The molecule has 4 rings (SSSR count). The molecule has 2 aliphatic carbocycles. The van der Waals surface area contributed by atoms with Crippen LogP contribution in [0.15, 0.2) is 36.9 Å². The Morgan fingerprint density at radius 1 is 1.20 bits per heavy atom. The van der Waals surface area contributed by atoms with Crippen molar-refractivity contribution in [3.8, 4) is 11.4 Å². The summed E-state index contributed by atoms with van der Waals surface area (Å²) in [5.74, 6) is -2.58. The van der Waals surface area contributed by atoms with Crippen molar-refractivity contribution in [1.82, 2.24) is 14.8 Å². The minimum Gasteiger partial charge on any atom is -0.382 e. The first-order chi connectivity index (χ1) is 11.7. The molecule has 0 atom stereocenters. The number of benzene rings is 1. The number of rotatable bonds is 5. The second-order valence-corrected chi connectivity index (χ2v) is 8.74. The van der Waals surface area contributed by atoms with Gasteiger partial charge in [-0.25, -0.2) is 18.4 Å². The van der Waals surface area contributed by atoms with E-state index in [1.165, 1.54) is 12.7 Å². The summed E-state index contributed by atoms with van der Waals surface area (Å²) in [4.78, 5) is 3.84. The molecule has 1 aromatic carbocycles. The first-order valence-electron chi connectivity index (χ1n) is 7.99. The van der Waals surface area contributed by atoms with E-state index >= 15 is 0 Å². The fourth-order valence-corrected chi connectivity index (χ4v) is 5.37. The zero-order chi connectivity index (χ0) is 17.7. The van der Waals surface area contributed by atoms with E-state index in [0.717, 1.165) is 5.69 Å². The van der Waals surface area contributed by atoms with Gasteiger partial charge in [-0.05, 0) is 48.4 Å². The Labute approximate surface area is 144 Å². The van der Waals surface area contributed by atoms with Crippen molar-refractivity contribution in [3.63, 3.8) is 0 Å². The molecule has 1 heterocycles. The predicted molar refractivity (Wildman–Crippen MR) is 85.1 cm³/mol. The van der Waals surface area contributed by atoms with E-state index in [1.54, 1.807) is 28.9 Å². The van der Waals surface area contributed by atoms with Crippen molar-refractivity contribution in [3.05, 3.63) is 36.9 Å².